The fraction of sp³-hybridized carbons (Fsp3) is 0.231. The van der Waals surface area contributed by atoms with E-state index in [4.69, 9.17) is 0 Å². The van der Waals surface area contributed by atoms with Gasteiger partial charge in [-0.3, -0.25) is 4.79 Å². The lowest BCUT2D eigenvalue weighted by Crippen LogP contribution is -2.43. The van der Waals surface area contributed by atoms with Crippen LogP contribution in [0.2, 0.25) is 0 Å². The van der Waals surface area contributed by atoms with Crippen LogP contribution >= 0.6 is 11.3 Å². The van der Waals surface area contributed by atoms with Crippen LogP contribution in [0.4, 0.5) is 5.82 Å². The SMILES string of the molecule is Cc1ccc(-n2cc3c(N4CCNCC4)ncnc3n2)cc1.O=CNCc1ccc2sccc2c1.[HH].[HH]. The van der Waals surface area contributed by atoms with Gasteiger partial charge in [-0.1, -0.05) is 23.8 Å². The van der Waals surface area contributed by atoms with Crippen molar-refractivity contribution in [3.8, 4) is 5.69 Å². The second kappa shape index (κ2) is 10.6. The number of nitrogens with one attached hydrogen (secondary N) is 2. The highest BCUT2D eigenvalue weighted by atomic mass is 32.1. The molecule has 1 fully saturated rings. The molecule has 35 heavy (non-hydrogen) atoms. The molecule has 0 atom stereocenters. The number of thiophene rings is 1. The normalized spacial score (nSPS) is 13.5. The van der Waals surface area contributed by atoms with Crippen LogP contribution in [-0.4, -0.2) is 52.3 Å². The van der Waals surface area contributed by atoms with Crippen molar-refractivity contribution >= 4 is 44.7 Å². The lowest BCUT2D eigenvalue weighted by atomic mass is 10.2. The Labute approximate surface area is 210 Å². The number of carbonyl (C=O) groups is 1. The van der Waals surface area contributed by atoms with E-state index < -0.39 is 0 Å². The third-order valence-electron chi connectivity index (χ3n) is 5.92. The molecule has 5 aromatic rings. The molecular weight excluding hydrogens is 458 g/mol. The van der Waals surface area contributed by atoms with Crippen molar-refractivity contribution in [2.45, 2.75) is 13.5 Å². The molecule has 0 saturated carbocycles. The molecule has 2 N–H and O–H groups in total. The summed E-state index contributed by atoms with van der Waals surface area (Å²) >= 11 is 1.73. The Balaban J connectivity index is 0.000000219. The summed E-state index contributed by atoms with van der Waals surface area (Å²) in [5.41, 5.74) is 4.15. The van der Waals surface area contributed by atoms with Gasteiger partial charge in [0.1, 0.15) is 12.1 Å². The van der Waals surface area contributed by atoms with Gasteiger partial charge in [0.2, 0.25) is 6.41 Å². The van der Waals surface area contributed by atoms with E-state index in [1.807, 2.05) is 16.9 Å². The van der Waals surface area contributed by atoms with Crippen molar-refractivity contribution in [1.82, 2.24) is 30.4 Å². The van der Waals surface area contributed by atoms with Gasteiger partial charge < -0.3 is 15.5 Å². The first-order valence-corrected chi connectivity index (χ1v) is 12.5. The molecule has 3 aromatic heterocycles. The maximum absolute atomic E-state index is 10.1. The third kappa shape index (κ3) is 5.31. The minimum atomic E-state index is 0. The zero-order valence-corrected chi connectivity index (χ0v) is 20.3. The number of piperazine rings is 1. The number of hydrogen-bond donors (Lipinski definition) is 2. The van der Waals surface area contributed by atoms with Gasteiger partial charge in [0.05, 0.1) is 11.1 Å². The number of anilines is 1. The molecule has 1 amide bonds. The number of amides is 1. The van der Waals surface area contributed by atoms with Gasteiger partial charge in [-0.2, -0.15) is 0 Å². The lowest BCUT2D eigenvalue weighted by molar-refractivity contribution is -0.109. The number of aryl methyl sites for hydroxylation is 1. The first-order chi connectivity index (χ1) is 17.2. The summed E-state index contributed by atoms with van der Waals surface area (Å²) in [5, 5.41) is 14.9. The number of carbonyl (C=O) groups excluding carboxylic acids is 1. The van der Waals surface area contributed by atoms with Gasteiger partial charge in [0, 0.05) is 46.5 Å². The molecule has 8 nitrogen and oxygen atoms in total. The molecule has 0 unspecified atom stereocenters. The molecule has 0 radical (unpaired) electrons. The molecule has 0 aliphatic carbocycles. The van der Waals surface area contributed by atoms with E-state index >= 15 is 0 Å². The maximum atomic E-state index is 10.1. The van der Waals surface area contributed by atoms with E-state index in [2.05, 4.69) is 85.4 Å². The second-order valence-corrected chi connectivity index (χ2v) is 9.32. The van der Waals surface area contributed by atoms with Crippen molar-refractivity contribution in [1.29, 1.82) is 0 Å². The number of hydrogen-bond acceptors (Lipinski definition) is 7. The van der Waals surface area contributed by atoms with Crippen LogP contribution in [0.1, 0.15) is 14.0 Å². The standard InChI is InChI=1S/C16H18N6.C10H9NOS.2H2/c1-12-2-4-13(5-3-12)22-10-14-15(20-22)18-11-19-16(14)21-8-6-17-7-9-21;12-7-11-6-8-1-2-10-9(5-8)3-4-13-10;;/h2-5,10-11,17H,6-9H2,1H3;1-5,7H,6H2,(H,11,12);2*1H. The van der Waals surface area contributed by atoms with Crippen LogP contribution in [-0.2, 0) is 11.3 Å². The molecule has 4 heterocycles. The smallest absolute Gasteiger partial charge is 0.207 e. The third-order valence-corrected chi connectivity index (χ3v) is 6.81. The Morgan fingerprint density at radius 2 is 1.94 bits per heavy atom. The molecule has 1 saturated heterocycles. The summed E-state index contributed by atoms with van der Waals surface area (Å²) in [4.78, 5) is 21.2. The lowest BCUT2D eigenvalue weighted by Gasteiger charge is -2.28. The summed E-state index contributed by atoms with van der Waals surface area (Å²) in [6, 6.07) is 16.6. The van der Waals surface area contributed by atoms with E-state index in [0.29, 0.717) is 6.54 Å². The largest absolute Gasteiger partial charge is 0.355 e. The molecular formula is C26H31N7OS. The van der Waals surface area contributed by atoms with Crippen LogP contribution in [0.15, 0.2) is 66.4 Å². The molecule has 182 valence electrons. The summed E-state index contributed by atoms with van der Waals surface area (Å²) in [5.74, 6) is 0.977. The fourth-order valence-electron chi connectivity index (χ4n) is 4.07. The average Bonchev–Trinajstić information content (AvgIpc) is 3.55. The minimum absolute atomic E-state index is 0. The number of aromatic nitrogens is 4. The molecule has 2 aromatic carbocycles. The summed E-state index contributed by atoms with van der Waals surface area (Å²) in [7, 11) is 0. The van der Waals surface area contributed by atoms with Crippen LogP contribution in [0.5, 0.6) is 0 Å². The number of rotatable bonds is 5. The van der Waals surface area contributed by atoms with Gasteiger partial charge in [-0.25, -0.2) is 14.6 Å². The molecule has 0 bridgehead atoms. The predicted octanol–water partition coefficient (Wildman–Crippen LogP) is 4.17. The van der Waals surface area contributed by atoms with E-state index in [-0.39, 0.29) is 2.85 Å². The first kappa shape index (κ1) is 22.9. The second-order valence-electron chi connectivity index (χ2n) is 8.37. The Kier molecular flexibility index (Phi) is 6.97. The van der Waals surface area contributed by atoms with E-state index in [0.717, 1.165) is 60.7 Å². The topological polar surface area (TPSA) is 88.0 Å². The summed E-state index contributed by atoms with van der Waals surface area (Å²) in [6.45, 7) is 6.57. The Hall–Kier alpha value is -3.82. The predicted molar refractivity (Wildman–Crippen MR) is 145 cm³/mol. The van der Waals surface area contributed by atoms with Crippen molar-refractivity contribution < 1.29 is 7.65 Å². The molecule has 1 aliphatic rings. The number of benzene rings is 2. The molecule has 1 aliphatic heterocycles. The highest BCUT2D eigenvalue weighted by molar-refractivity contribution is 7.17. The minimum Gasteiger partial charge on any atom is -0.355 e. The Morgan fingerprint density at radius 3 is 2.74 bits per heavy atom. The quantitative estimate of drug-likeness (QED) is 0.360. The summed E-state index contributed by atoms with van der Waals surface area (Å²) < 4.78 is 3.17. The zero-order valence-electron chi connectivity index (χ0n) is 19.5. The van der Waals surface area contributed by atoms with Crippen molar-refractivity contribution in [2.75, 3.05) is 31.1 Å². The zero-order chi connectivity index (χ0) is 24.0. The van der Waals surface area contributed by atoms with Gasteiger partial charge in [0.15, 0.2) is 5.65 Å². The van der Waals surface area contributed by atoms with E-state index in [1.165, 1.54) is 15.6 Å². The molecule has 9 heteroatoms. The monoisotopic (exact) mass is 489 g/mol. The van der Waals surface area contributed by atoms with Crippen molar-refractivity contribution in [3.63, 3.8) is 0 Å². The Morgan fingerprint density at radius 1 is 1.11 bits per heavy atom. The van der Waals surface area contributed by atoms with Gasteiger partial charge >= 0.3 is 0 Å². The molecule has 6 rings (SSSR count). The molecule has 0 spiro atoms. The first-order valence-electron chi connectivity index (χ1n) is 11.6. The van der Waals surface area contributed by atoms with Crippen molar-refractivity contribution in [2.24, 2.45) is 0 Å². The van der Waals surface area contributed by atoms with Gasteiger partial charge in [0.25, 0.3) is 0 Å². The van der Waals surface area contributed by atoms with Gasteiger partial charge in [-0.05, 0) is 53.6 Å². The Bertz CT molecular complexity index is 1430. The number of nitrogens with zero attached hydrogens (tertiary/aromatic N) is 5. The van der Waals surface area contributed by atoms with Gasteiger partial charge in [-0.15, -0.1) is 16.4 Å². The van der Waals surface area contributed by atoms with Crippen molar-refractivity contribution in [3.05, 3.63) is 77.6 Å². The average molecular weight is 490 g/mol. The van der Waals surface area contributed by atoms with Crippen LogP contribution in [0, 0.1) is 6.92 Å². The number of fused-ring (bicyclic) bond motifs is 2. The maximum Gasteiger partial charge on any atom is 0.207 e. The highest BCUT2D eigenvalue weighted by Crippen LogP contribution is 2.24. The van der Waals surface area contributed by atoms with E-state index in [1.54, 1.807) is 17.7 Å². The fourth-order valence-corrected chi connectivity index (χ4v) is 4.84. The van der Waals surface area contributed by atoms with Crippen LogP contribution in [0.3, 0.4) is 0 Å². The summed E-state index contributed by atoms with van der Waals surface area (Å²) in [6.07, 6.45) is 4.35. The van der Waals surface area contributed by atoms with Crippen LogP contribution in [0.25, 0.3) is 26.8 Å². The van der Waals surface area contributed by atoms with E-state index in [9.17, 15) is 4.79 Å². The highest BCUT2D eigenvalue weighted by Gasteiger charge is 2.17. The van der Waals surface area contributed by atoms with Crippen LogP contribution < -0.4 is 15.5 Å².